The fourth-order valence-corrected chi connectivity index (χ4v) is 1.51. The molecule has 0 fully saturated rings. The van der Waals surface area contributed by atoms with E-state index in [1.807, 2.05) is 18.2 Å². The predicted octanol–water partition coefficient (Wildman–Crippen LogP) is -0.881. The molecule has 0 aromatic heterocycles. The van der Waals surface area contributed by atoms with Gasteiger partial charge in [-0.2, -0.15) is 0 Å². The minimum atomic E-state index is 0.0333. The molecule has 0 saturated carbocycles. The SMILES string of the molecule is NC(N)=N/[NH+]=C\CSc1ccccc1. The molecule has 0 amide bonds. The third kappa shape index (κ3) is 4.51. The third-order valence-electron chi connectivity index (χ3n) is 1.36. The van der Waals surface area contributed by atoms with Crippen molar-refractivity contribution in [2.75, 3.05) is 5.75 Å². The maximum Gasteiger partial charge on any atom is 0.256 e. The monoisotopic (exact) mass is 209 g/mol. The van der Waals surface area contributed by atoms with Crippen molar-refractivity contribution in [2.45, 2.75) is 4.90 Å². The van der Waals surface area contributed by atoms with E-state index in [0.717, 1.165) is 5.75 Å². The van der Waals surface area contributed by atoms with Gasteiger partial charge in [0.15, 0.2) is 6.21 Å². The highest BCUT2D eigenvalue weighted by atomic mass is 32.2. The van der Waals surface area contributed by atoms with Crippen molar-refractivity contribution < 1.29 is 5.10 Å². The zero-order chi connectivity index (χ0) is 10.2. The summed E-state index contributed by atoms with van der Waals surface area (Å²) >= 11 is 1.70. The Bertz CT molecular complexity index is 317. The second-order valence-electron chi connectivity index (χ2n) is 2.49. The Morgan fingerprint density at radius 3 is 2.71 bits per heavy atom. The van der Waals surface area contributed by atoms with E-state index >= 15 is 0 Å². The normalized spacial score (nSPS) is 10.3. The average molecular weight is 209 g/mol. The van der Waals surface area contributed by atoms with Crippen LogP contribution in [0.5, 0.6) is 0 Å². The number of nitrogens with two attached hydrogens (primary N) is 2. The molecule has 0 radical (unpaired) electrons. The number of hydrogen-bond donors (Lipinski definition) is 3. The van der Waals surface area contributed by atoms with Crippen LogP contribution in [0, 0.1) is 0 Å². The van der Waals surface area contributed by atoms with Gasteiger partial charge in [0.2, 0.25) is 0 Å². The first-order chi connectivity index (χ1) is 6.79. The lowest BCUT2D eigenvalue weighted by Gasteiger charge is -1.93. The number of hydrazone groups is 1. The standard InChI is InChI=1S/C9H12N4S/c10-9(11)13-12-6-7-14-8-4-2-1-3-5-8/h1-6H,7H2,(H4,10,11,13)/p+1/b12-6-. The van der Waals surface area contributed by atoms with E-state index < -0.39 is 0 Å². The van der Waals surface area contributed by atoms with Crippen LogP contribution in [-0.2, 0) is 0 Å². The molecule has 0 bridgehead atoms. The van der Waals surface area contributed by atoms with Crippen molar-refractivity contribution in [3.05, 3.63) is 30.3 Å². The van der Waals surface area contributed by atoms with Gasteiger partial charge in [-0.15, -0.1) is 16.9 Å². The molecule has 74 valence electrons. The van der Waals surface area contributed by atoms with Gasteiger partial charge < -0.3 is 11.5 Å². The molecule has 0 aliphatic carbocycles. The van der Waals surface area contributed by atoms with Crippen molar-refractivity contribution in [1.29, 1.82) is 0 Å². The quantitative estimate of drug-likeness (QED) is 0.261. The molecule has 1 aromatic rings. The van der Waals surface area contributed by atoms with Crippen LogP contribution in [-0.4, -0.2) is 17.9 Å². The summed E-state index contributed by atoms with van der Waals surface area (Å²) in [5.74, 6) is 0.840. The highest BCUT2D eigenvalue weighted by Crippen LogP contribution is 2.14. The van der Waals surface area contributed by atoms with Crippen molar-refractivity contribution in [3.63, 3.8) is 0 Å². The number of rotatable bonds is 4. The third-order valence-corrected chi connectivity index (χ3v) is 2.30. The maximum atomic E-state index is 5.12. The number of benzene rings is 1. The van der Waals surface area contributed by atoms with E-state index in [-0.39, 0.29) is 5.96 Å². The van der Waals surface area contributed by atoms with Crippen molar-refractivity contribution in [3.8, 4) is 0 Å². The van der Waals surface area contributed by atoms with Crippen LogP contribution in [0.25, 0.3) is 0 Å². The first-order valence-electron chi connectivity index (χ1n) is 4.12. The number of hydrogen-bond acceptors (Lipinski definition) is 2. The first-order valence-corrected chi connectivity index (χ1v) is 5.11. The first kappa shape index (κ1) is 10.6. The highest BCUT2D eigenvalue weighted by molar-refractivity contribution is 7.99. The molecule has 0 spiro atoms. The molecular formula is C9H13N4S+. The average Bonchev–Trinajstić information content (AvgIpc) is 2.18. The van der Waals surface area contributed by atoms with Crippen molar-refractivity contribution in [1.82, 2.24) is 0 Å². The number of thioether (sulfide) groups is 1. The lowest BCUT2D eigenvalue weighted by atomic mass is 10.4. The van der Waals surface area contributed by atoms with Crippen LogP contribution in [0.4, 0.5) is 0 Å². The van der Waals surface area contributed by atoms with E-state index in [1.165, 1.54) is 4.90 Å². The Hall–Kier alpha value is -1.49. The number of nitrogens with one attached hydrogen (secondary N) is 1. The smallest absolute Gasteiger partial charge is 0.256 e. The van der Waals surface area contributed by atoms with E-state index in [0.29, 0.717) is 0 Å². The van der Waals surface area contributed by atoms with Gasteiger partial charge in [0, 0.05) is 10.00 Å². The Kier molecular flexibility index (Phi) is 4.57. The second-order valence-corrected chi connectivity index (χ2v) is 3.59. The molecule has 0 atom stereocenters. The van der Waals surface area contributed by atoms with Gasteiger partial charge >= 0.3 is 0 Å². The summed E-state index contributed by atoms with van der Waals surface area (Å²) in [6.07, 6.45) is 1.79. The highest BCUT2D eigenvalue weighted by Gasteiger charge is 1.90. The molecule has 14 heavy (non-hydrogen) atoms. The molecular weight excluding hydrogens is 196 g/mol. The van der Waals surface area contributed by atoms with Gasteiger partial charge in [0.25, 0.3) is 5.96 Å². The van der Waals surface area contributed by atoms with Gasteiger partial charge in [0.1, 0.15) is 0 Å². The number of guanidine groups is 1. The molecule has 5 heteroatoms. The van der Waals surface area contributed by atoms with Crippen molar-refractivity contribution >= 4 is 23.9 Å². The second kappa shape index (κ2) is 6.04. The Morgan fingerprint density at radius 2 is 2.07 bits per heavy atom. The van der Waals surface area contributed by atoms with E-state index in [9.17, 15) is 0 Å². The fraction of sp³-hybridized carbons (Fsp3) is 0.111. The van der Waals surface area contributed by atoms with Crippen molar-refractivity contribution in [2.24, 2.45) is 16.6 Å². The number of nitrogens with zero attached hydrogens (tertiary/aromatic N) is 1. The molecule has 0 heterocycles. The zero-order valence-electron chi connectivity index (χ0n) is 7.68. The van der Waals surface area contributed by atoms with Crippen LogP contribution in [0.1, 0.15) is 0 Å². The van der Waals surface area contributed by atoms with Gasteiger partial charge in [-0.1, -0.05) is 18.2 Å². The van der Waals surface area contributed by atoms with Gasteiger partial charge in [-0.25, -0.2) is 0 Å². The largest absolute Gasteiger partial charge is 0.365 e. The van der Waals surface area contributed by atoms with Gasteiger partial charge in [-0.3, -0.25) is 0 Å². The predicted molar refractivity (Wildman–Crippen MR) is 60.0 cm³/mol. The minimum absolute atomic E-state index is 0.0333. The molecule has 0 aliphatic heterocycles. The fourth-order valence-electron chi connectivity index (χ4n) is 0.812. The summed E-state index contributed by atoms with van der Waals surface area (Å²) in [4.78, 5) is 1.22. The van der Waals surface area contributed by atoms with Crippen LogP contribution in [0.3, 0.4) is 0 Å². The lowest BCUT2D eigenvalue weighted by Crippen LogP contribution is -2.64. The van der Waals surface area contributed by atoms with Gasteiger partial charge in [0.05, 0.1) is 5.75 Å². The summed E-state index contributed by atoms with van der Waals surface area (Å²) in [5.41, 5.74) is 10.2. The Morgan fingerprint density at radius 1 is 1.36 bits per heavy atom. The van der Waals surface area contributed by atoms with Crippen LogP contribution < -0.4 is 16.6 Å². The summed E-state index contributed by atoms with van der Waals surface area (Å²) in [5, 5.41) is 6.26. The summed E-state index contributed by atoms with van der Waals surface area (Å²) in [6, 6.07) is 10.1. The Balaban J connectivity index is 2.29. The summed E-state index contributed by atoms with van der Waals surface area (Å²) in [6.45, 7) is 0. The summed E-state index contributed by atoms with van der Waals surface area (Å²) < 4.78 is 0. The van der Waals surface area contributed by atoms with Crippen LogP contribution in [0.15, 0.2) is 40.3 Å². The maximum absolute atomic E-state index is 5.12. The summed E-state index contributed by atoms with van der Waals surface area (Å²) in [7, 11) is 0. The van der Waals surface area contributed by atoms with E-state index in [2.05, 4.69) is 22.3 Å². The molecule has 0 saturated heterocycles. The topological polar surface area (TPSA) is 78.4 Å². The van der Waals surface area contributed by atoms with E-state index in [4.69, 9.17) is 11.5 Å². The van der Waals surface area contributed by atoms with Gasteiger partial charge in [-0.05, 0) is 12.1 Å². The minimum Gasteiger partial charge on any atom is -0.365 e. The zero-order valence-corrected chi connectivity index (χ0v) is 8.50. The molecule has 5 N–H and O–H groups in total. The molecule has 1 aromatic carbocycles. The van der Waals surface area contributed by atoms with Crippen LogP contribution >= 0.6 is 11.8 Å². The van der Waals surface area contributed by atoms with E-state index in [1.54, 1.807) is 18.0 Å². The molecule has 0 aliphatic rings. The molecule has 4 nitrogen and oxygen atoms in total. The lowest BCUT2D eigenvalue weighted by molar-refractivity contribution is -0.457. The van der Waals surface area contributed by atoms with Crippen LogP contribution in [0.2, 0.25) is 0 Å². The molecule has 1 rings (SSSR count). The Labute approximate surface area is 87.1 Å². The molecule has 0 unspecified atom stereocenters.